The second-order valence-corrected chi connectivity index (χ2v) is 5.04. The van der Waals surface area contributed by atoms with Crippen molar-refractivity contribution < 1.29 is 4.74 Å². The number of nitrogens with zero attached hydrogens (tertiary/aromatic N) is 1. The van der Waals surface area contributed by atoms with Gasteiger partial charge in [0.05, 0.1) is 13.3 Å². The molecular weight excluding hydrogens is 256 g/mol. The van der Waals surface area contributed by atoms with Gasteiger partial charge in [-0.1, -0.05) is 0 Å². The van der Waals surface area contributed by atoms with Crippen LogP contribution in [0.25, 0.3) is 0 Å². The smallest absolute Gasteiger partial charge is 0.141 e. The molecule has 0 radical (unpaired) electrons. The van der Waals surface area contributed by atoms with Gasteiger partial charge >= 0.3 is 0 Å². The van der Waals surface area contributed by atoms with Crippen LogP contribution in [0.15, 0.2) is 16.9 Å². The Labute approximate surface area is 98.2 Å². The molecule has 0 unspecified atom stereocenters. The van der Waals surface area contributed by atoms with E-state index in [2.05, 4.69) is 20.9 Å². The topological polar surface area (TPSA) is 48.1 Å². The zero-order chi connectivity index (χ0) is 10.9. The molecule has 0 amide bonds. The maximum Gasteiger partial charge on any atom is 0.141 e. The first-order chi connectivity index (χ1) is 7.21. The highest BCUT2D eigenvalue weighted by atomic mass is 79.9. The van der Waals surface area contributed by atoms with Crippen molar-refractivity contribution >= 4 is 15.9 Å². The van der Waals surface area contributed by atoms with Crippen molar-refractivity contribution in [3.63, 3.8) is 0 Å². The van der Waals surface area contributed by atoms with Crippen molar-refractivity contribution in [2.75, 3.05) is 13.7 Å². The van der Waals surface area contributed by atoms with Gasteiger partial charge in [-0.05, 0) is 47.2 Å². The highest BCUT2D eigenvalue weighted by Crippen LogP contribution is 2.49. The van der Waals surface area contributed by atoms with Gasteiger partial charge < -0.3 is 10.5 Å². The van der Waals surface area contributed by atoms with E-state index in [4.69, 9.17) is 10.5 Å². The predicted octanol–water partition coefficient (Wildman–Crippen LogP) is 2.13. The SMILES string of the molecule is COc1cncc(Br)c1CC1(CN)CC1. The molecule has 0 bridgehead atoms. The number of pyridine rings is 1. The summed E-state index contributed by atoms with van der Waals surface area (Å²) in [7, 11) is 1.68. The molecule has 1 aromatic heterocycles. The van der Waals surface area contributed by atoms with Crippen molar-refractivity contribution in [2.45, 2.75) is 19.3 Å². The molecule has 15 heavy (non-hydrogen) atoms. The summed E-state index contributed by atoms with van der Waals surface area (Å²) in [6.45, 7) is 0.755. The van der Waals surface area contributed by atoms with Crippen molar-refractivity contribution in [3.8, 4) is 5.75 Å². The third kappa shape index (κ3) is 2.16. The van der Waals surface area contributed by atoms with Gasteiger partial charge in [-0.25, -0.2) is 0 Å². The second-order valence-electron chi connectivity index (χ2n) is 4.18. The Morgan fingerprint density at radius 2 is 2.27 bits per heavy atom. The fraction of sp³-hybridized carbons (Fsp3) is 0.545. The maximum atomic E-state index is 5.79. The van der Waals surface area contributed by atoms with Crippen LogP contribution >= 0.6 is 15.9 Å². The Hall–Kier alpha value is -0.610. The van der Waals surface area contributed by atoms with Crippen molar-refractivity contribution in [3.05, 3.63) is 22.4 Å². The fourth-order valence-electron chi connectivity index (χ4n) is 1.80. The summed E-state index contributed by atoms with van der Waals surface area (Å²) < 4.78 is 6.33. The highest BCUT2D eigenvalue weighted by Gasteiger charge is 2.42. The van der Waals surface area contributed by atoms with Gasteiger partial charge in [0.15, 0.2) is 0 Å². The zero-order valence-electron chi connectivity index (χ0n) is 8.79. The van der Waals surface area contributed by atoms with E-state index < -0.39 is 0 Å². The van der Waals surface area contributed by atoms with Crippen LogP contribution < -0.4 is 10.5 Å². The van der Waals surface area contributed by atoms with Crippen LogP contribution in [0.4, 0.5) is 0 Å². The minimum absolute atomic E-state index is 0.317. The Kier molecular flexibility index (Phi) is 2.98. The summed E-state index contributed by atoms with van der Waals surface area (Å²) in [6.07, 6.45) is 7.00. The molecule has 2 rings (SSSR count). The van der Waals surface area contributed by atoms with Crippen LogP contribution in [0.1, 0.15) is 18.4 Å². The second kappa shape index (κ2) is 4.10. The molecule has 0 atom stereocenters. The molecule has 0 aliphatic heterocycles. The fourth-order valence-corrected chi connectivity index (χ4v) is 2.25. The van der Waals surface area contributed by atoms with Gasteiger partial charge in [-0.15, -0.1) is 0 Å². The van der Waals surface area contributed by atoms with E-state index >= 15 is 0 Å². The lowest BCUT2D eigenvalue weighted by molar-refractivity contribution is 0.399. The minimum Gasteiger partial charge on any atom is -0.495 e. The Balaban J connectivity index is 2.26. The number of aromatic nitrogens is 1. The van der Waals surface area contributed by atoms with Crippen LogP contribution in [0.3, 0.4) is 0 Å². The van der Waals surface area contributed by atoms with Gasteiger partial charge in [-0.2, -0.15) is 0 Å². The molecule has 82 valence electrons. The number of methoxy groups -OCH3 is 1. The quantitative estimate of drug-likeness (QED) is 0.912. The minimum atomic E-state index is 0.317. The van der Waals surface area contributed by atoms with Gasteiger partial charge in [0.2, 0.25) is 0 Å². The van der Waals surface area contributed by atoms with E-state index in [9.17, 15) is 0 Å². The van der Waals surface area contributed by atoms with Crippen LogP contribution in [0.5, 0.6) is 5.75 Å². The van der Waals surface area contributed by atoms with Gasteiger partial charge in [0.1, 0.15) is 5.75 Å². The maximum absolute atomic E-state index is 5.79. The number of rotatable bonds is 4. The molecule has 2 N–H and O–H groups in total. The molecule has 4 heteroatoms. The first kappa shape index (κ1) is 10.9. The van der Waals surface area contributed by atoms with Crippen LogP contribution in [0, 0.1) is 5.41 Å². The first-order valence-corrected chi connectivity index (χ1v) is 5.86. The summed E-state index contributed by atoms with van der Waals surface area (Å²) in [6, 6.07) is 0. The van der Waals surface area contributed by atoms with E-state index in [0.717, 1.165) is 23.2 Å². The molecule has 0 aromatic carbocycles. The number of hydrogen-bond donors (Lipinski definition) is 1. The number of halogens is 1. The highest BCUT2D eigenvalue weighted by molar-refractivity contribution is 9.10. The lowest BCUT2D eigenvalue weighted by Gasteiger charge is -2.15. The van der Waals surface area contributed by atoms with E-state index in [-0.39, 0.29) is 0 Å². The summed E-state index contributed by atoms with van der Waals surface area (Å²) >= 11 is 3.51. The zero-order valence-corrected chi connectivity index (χ0v) is 10.4. The monoisotopic (exact) mass is 270 g/mol. The van der Waals surface area contributed by atoms with Crippen LogP contribution in [-0.4, -0.2) is 18.6 Å². The normalized spacial score (nSPS) is 17.5. The Morgan fingerprint density at radius 1 is 1.53 bits per heavy atom. The summed E-state index contributed by atoms with van der Waals surface area (Å²) in [4.78, 5) is 4.09. The lowest BCUT2D eigenvalue weighted by Crippen LogP contribution is -2.18. The largest absolute Gasteiger partial charge is 0.495 e. The van der Waals surface area contributed by atoms with Gasteiger partial charge in [0.25, 0.3) is 0 Å². The molecule has 0 spiro atoms. The number of hydrogen-bond acceptors (Lipinski definition) is 3. The summed E-state index contributed by atoms with van der Waals surface area (Å²) in [5.41, 5.74) is 7.29. The standard InChI is InChI=1S/C11H15BrN2O/c1-15-10-6-14-5-9(12)8(10)4-11(7-13)2-3-11/h5-6H,2-4,7,13H2,1H3. The average molecular weight is 271 g/mol. The van der Waals surface area contributed by atoms with Crippen molar-refractivity contribution in [2.24, 2.45) is 11.1 Å². The Morgan fingerprint density at radius 3 is 2.80 bits per heavy atom. The molecule has 1 saturated carbocycles. The molecular formula is C11H15BrN2O. The molecule has 1 aromatic rings. The van der Waals surface area contributed by atoms with E-state index in [0.29, 0.717) is 5.41 Å². The van der Waals surface area contributed by atoms with Crippen LogP contribution in [0.2, 0.25) is 0 Å². The summed E-state index contributed by atoms with van der Waals surface area (Å²) in [5.74, 6) is 0.851. The number of ether oxygens (including phenoxy) is 1. The molecule has 1 heterocycles. The first-order valence-electron chi connectivity index (χ1n) is 5.07. The molecule has 0 saturated heterocycles. The van der Waals surface area contributed by atoms with Crippen LogP contribution in [-0.2, 0) is 6.42 Å². The Bertz CT molecular complexity index is 364. The lowest BCUT2D eigenvalue weighted by atomic mass is 9.97. The van der Waals surface area contributed by atoms with Crippen molar-refractivity contribution in [1.29, 1.82) is 0 Å². The average Bonchev–Trinajstić information content (AvgIpc) is 3.02. The van der Waals surface area contributed by atoms with Crippen molar-refractivity contribution in [1.82, 2.24) is 4.98 Å². The third-order valence-corrected chi connectivity index (χ3v) is 3.81. The predicted molar refractivity (Wildman–Crippen MR) is 62.9 cm³/mol. The van der Waals surface area contributed by atoms with E-state index in [1.165, 1.54) is 18.4 Å². The molecule has 1 aliphatic rings. The van der Waals surface area contributed by atoms with Gasteiger partial charge in [0, 0.05) is 16.2 Å². The molecule has 1 fully saturated rings. The van der Waals surface area contributed by atoms with E-state index in [1.54, 1.807) is 13.3 Å². The molecule has 3 nitrogen and oxygen atoms in total. The number of nitrogens with two attached hydrogens (primary N) is 1. The third-order valence-electron chi connectivity index (χ3n) is 3.13. The molecule has 1 aliphatic carbocycles. The van der Waals surface area contributed by atoms with Gasteiger partial charge in [-0.3, -0.25) is 4.98 Å². The van der Waals surface area contributed by atoms with E-state index in [1.807, 2.05) is 6.20 Å². The summed E-state index contributed by atoms with van der Waals surface area (Å²) in [5, 5.41) is 0.